The van der Waals surface area contributed by atoms with Gasteiger partial charge in [-0.25, -0.2) is 9.59 Å². The maximum Gasteiger partial charge on any atom is 0.471 e. The van der Waals surface area contributed by atoms with Gasteiger partial charge in [0.05, 0.1) is 0 Å². The number of nitrogen functional groups attached to an aromatic ring is 1. The Morgan fingerprint density at radius 2 is 1.34 bits per heavy atom. The minimum atomic E-state index is -5.05. The van der Waals surface area contributed by atoms with E-state index in [4.69, 9.17) is 39.1 Å². The summed E-state index contributed by atoms with van der Waals surface area (Å²) in [4.78, 5) is 31.4. The molecule has 0 saturated heterocycles. The SMILES string of the molecule is Nc1cc(Cl)ccc1/C=C/C(=O)O.O=C(O)/C=C/c1ccc(Cl)cc1NC(=O)C(F)(F)F. The van der Waals surface area contributed by atoms with Crippen molar-refractivity contribution in [2.45, 2.75) is 6.18 Å². The number of carboxylic acid groups (broad SMARTS) is 2. The predicted octanol–water partition coefficient (Wildman–Crippen LogP) is 4.96. The summed E-state index contributed by atoms with van der Waals surface area (Å²) in [6.07, 6.45) is -0.819. The summed E-state index contributed by atoms with van der Waals surface area (Å²) in [5, 5.41) is 19.1. The van der Waals surface area contributed by atoms with Crippen molar-refractivity contribution in [3.8, 4) is 0 Å². The summed E-state index contributed by atoms with van der Waals surface area (Å²) < 4.78 is 36.4. The second kappa shape index (κ2) is 11.8. The molecule has 2 rings (SSSR count). The van der Waals surface area contributed by atoms with Crippen LogP contribution in [0.15, 0.2) is 48.6 Å². The van der Waals surface area contributed by atoms with Crippen LogP contribution in [0.1, 0.15) is 11.1 Å². The molecule has 7 nitrogen and oxygen atoms in total. The molecule has 0 aliphatic carbocycles. The summed E-state index contributed by atoms with van der Waals surface area (Å²) in [5.74, 6) is -4.45. The van der Waals surface area contributed by atoms with E-state index in [-0.39, 0.29) is 16.3 Å². The van der Waals surface area contributed by atoms with E-state index >= 15 is 0 Å². The molecule has 0 heterocycles. The van der Waals surface area contributed by atoms with Crippen LogP contribution in [0.3, 0.4) is 0 Å². The molecule has 0 aromatic heterocycles. The fourth-order valence-corrected chi connectivity index (χ4v) is 2.35. The largest absolute Gasteiger partial charge is 0.478 e. The van der Waals surface area contributed by atoms with Crippen molar-refractivity contribution in [2.75, 3.05) is 11.1 Å². The summed E-state index contributed by atoms with van der Waals surface area (Å²) in [6, 6.07) is 8.62. The van der Waals surface area contributed by atoms with Gasteiger partial charge in [0.15, 0.2) is 0 Å². The monoisotopic (exact) mass is 490 g/mol. The van der Waals surface area contributed by atoms with Gasteiger partial charge in [-0.1, -0.05) is 35.3 Å². The molecule has 2 aromatic carbocycles. The maximum absolute atomic E-state index is 12.1. The highest BCUT2D eigenvalue weighted by molar-refractivity contribution is 6.31. The predicted molar refractivity (Wildman–Crippen MR) is 115 cm³/mol. The molecule has 12 heteroatoms. The van der Waals surface area contributed by atoms with Gasteiger partial charge in [0.25, 0.3) is 0 Å². The Hall–Kier alpha value is -3.50. The van der Waals surface area contributed by atoms with Crippen molar-refractivity contribution in [1.29, 1.82) is 0 Å². The van der Waals surface area contributed by atoms with Gasteiger partial charge in [-0.15, -0.1) is 0 Å². The fraction of sp³-hybridized carbons (Fsp3) is 0.0500. The van der Waals surface area contributed by atoms with E-state index in [2.05, 4.69) is 0 Å². The highest BCUT2D eigenvalue weighted by Gasteiger charge is 2.38. The number of benzene rings is 2. The van der Waals surface area contributed by atoms with Gasteiger partial charge in [0.1, 0.15) is 0 Å². The Balaban J connectivity index is 0.000000343. The minimum Gasteiger partial charge on any atom is -0.478 e. The van der Waals surface area contributed by atoms with Crippen LogP contribution in [-0.4, -0.2) is 34.2 Å². The quantitative estimate of drug-likeness (QED) is 0.346. The zero-order valence-electron chi connectivity index (χ0n) is 15.9. The second-order valence-corrected chi connectivity index (χ2v) is 6.67. The van der Waals surface area contributed by atoms with Crippen LogP contribution in [0.2, 0.25) is 10.0 Å². The molecule has 0 unspecified atom stereocenters. The van der Waals surface area contributed by atoms with Gasteiger partial charge in [-0.3, -0.25) is 4.79 Å². The Kier molecular flexibility index (Phi) is 9.76. The number of carboxylic acids is 2. The fourth-order valence-electron chi connectivity index (χ4n) is 1.99. The third-order valence-corrected chi connectivity index (χ3v) is 3.85. The molecule has 32 heavy (non-hydrogen) atoms. The molecule has 1 amide bonds. The average molecular weight is 491 g/mol. The molecule has 0 aliphatic heterocycles. The lowest BCUT2D eigenvalue weighted by molar-refractivity contribution is -0.167. The van der Waals surface area contributed by atoms with Crippen LogP contribution in [0.25, 0.3) is 12.2 Å². The molecule has 2 aromatic rings. The van der Waals surface area contributed by atoms with E-state index in [1.807, 2.05) is 0 Å². The lowest BCUT2D eigenvalue weighted by atomic mass is 10.1. The first-order chi connectivity index (χ1) is 14.8. The van der Waals surface area contributed by atoms with Crippen molar-refractivity contribution in [3.63, 3.8) is 0 Å². The third-order valence-electron chi connectivity index (χ3n) is 3.38. The lowest BCUT2D eigenvalue weighted by Gasteiger charge is -2.10. The number of hydrogen-bond donors (Lipinski definition) is 4. The van der Waals surface area contributed by atoms with Crippen LogP contribution in [0, 0.1) is 0 Å². The minimum absolute atomic E-state index is 0.0874. The molecular formula is C20H15Cl2F3N2O5. The van der Waals surface area contributed by atoms with Crippen LogP contribution in [0.5, 0.6) is 0 Å². The van der Waals surface area contributed by atoms with Crippen molar-refractivity contribution >= 4 is 64.6 Å². The van der Waals surface area contributed by atoms with Crippen molar-refractivity contribution < 1.29 is 37.8 Å². The Bertz CT molecular complexity index is 1070. The summed E-state index contributed by atoms with van der Waals surface area (Å²) in [6.45, 7) is 0. The Labute approximate surface area is 189 Å². The lowest BCUT2D eigenvalue weighted by Crippen LogP contribution is -2.30. The van der Waals surface area contributed by atoms with E-state index in [0.717, 1.165) is 24.3 Å². The van der Waals surface area contributed by atoms with Gasteiger partial charge in [-0.2, -0.15) is 13.2 Å². The molecule has 0 atom stereocenters. The number of hydrogen-bond acceptors (Lipinski definition) is 4. The van der Waals surface area contributed by atoms with Crippen molar-refractivity contribution in [1.82, 2.24) is 0 Å². The van der Waals surface area contributed by atoms with Crippen LogP contribution >= 0.6 is 23.2 Å². The Morgan fingerprint density at radius 1 is 0.875 bits per heavy atom. The number of nitrogens with two attached hydrogens (primary N) is 1. The number of halogens is 5. The molecule has 0 fully saturated rings. The highest BCUT2D eigenvalue weighted by Crippen LogP contribution is 2.25. The third kappa shape index (κ3) is 9.54. The van der Waals surface area contributed by atoms with E-state index in [9.17, 15) is 27.6 Å². The number of carbonyl (C=O) groups is 3. The number of anilines is 2. The highest BCUT2D eigenvalue weighted by atomic mass is 35.5. The molecule has 170 valence electrons. The van der Waals surface area contributed by atoms with Crippen LogP contribution in [-0.2, 0) is 14.4 Å². The number of rotatable bonds is 5. The number of carbonyl (C=O) groups excluding carboxylic acids is 1. The van der Waals surface area contributed by atoms with Gasteiger partial charge in [0, 0.05) is 33.6 Å². The number of alkyl halides is 3. The van der Waals surface area contributed by atoms with Crippen LogP contribution in [0.4, 0.5) is 24.5 Å². The van der Waals surface area contributed by atoms with E-state index in [1.165, 1.54) is 18.2 Å². The molecule has 0 spiro atoms. The van der Waals surface area contributed by atoms with Crippen molar-refractivity contribution in [3.05, 3.63) is 69.7 Å². The van der Waals surface area contributed by atoms with Gasteiger partial charge in [0.2, 0.25) is 0 Å². The topological polar surface area (TPSA) is 130 Å². The normalized spacial score (nSPS) is 11.2. The smallest absolute Gasteiger partial charge is 0.471 e. The van der Waals surface area contributed by atoms with Gasteiger partial charge < -0.3 is 21.3 Å². The zero-order valence-corrected chi connectivity index (χ0v) is 17.4. The van der Waals surface area contributed by atoms with E-state index in [0.29, 0.717) is 16.3 Å². The molecule has 0 radical (unpaired) electrons. The zero-order chi connectivity index (χ0) is 24.5. The van der Waals surface area contributed by atoms with Gasteiger partial charge in [-0.05, 0) is 47.5 Å². The number of aliphatic carboxylic acids is 2. The molecule has 0 bridgehead atoms. The summed E-state index contributed by atoms with van der Waals surface area (Å²) >= 11 is 11.3. The molecule has 5 N–H and O–H groups in total. The second-order valence-electron chi connectivity index (χ2n) is 5.80. The first kappa shape index (κ1) is 26.5. The molecule has 0 saturated carbocycles. The first-order valence-corrected chi connectivity index (χ1v) is 9.10. The Morgan fingerprint density at radius 3 is 1.81 bits per heavy atom. The number of amides is 1. The average Bonchev–Trinajstić information content (AvgIpc) is 2.66. The standard InChI is InChI=1S/C11H7ClF3NO3.C9H8ClNO2/c12-7-3-1-6(2-4-9(17)18)8(5-7)16-10(19)11(13,14)15;10-7-3-1-6(8(11)5-7)2-4-9(12)13/h1-5H,(H,16,19)(H,17,18);1-5H,11H2,(H,12,13)/b2*4-2+. The molecular weight excluding hydrogens is 476 g/mol. The van der Waals surface area contributed by atoms with Gasteiger partial charge >= 0.3 is 24.0 Å². The maximum atomic E-state index is 12.1. The van der Waals surface area contributed by atoms with Crippen LogP contribution < -0.4 is 11.1 Å². The van der Waals surface area contributed by atoms with Crippen molar-refractivity contribution in [2.24, 2.45) is 0 Å². The first-order valence-electron chi connectivity index (χ1n) is 8.34. The summed E-state index contributed by atoms with van der Waals surface area (Å²) in [5.41, 5.74) is 6.55. The number of nitrogens with one attached hydrogen (secondary N) is 1. The summed E-state index contributed by atoms with van der Waals surface area (Å²) in [7, 11) is 0. The molecule has 0 aliphatic rings. The van der Waals surface area contributed by atoms with E-state index in [1.54, 1.807) is 23.5 Å². The van der Waals surface area contributed by atoms with E-state index < -0.39 is 24.0 Å².